The Labute approximate surface area is 100 Å². The molecule has 1 aromatic rings. The molecule has 0 aliphatic heterocycles. The van der Waals surface area contributed by atoms with Crippen LogP contribution in [0.15, 0.2) is 30.4 Å². The molecule has 1 aromatic carbocycles. The standard InChI is InChI=1S/C13H16N2O2/c14-11-7-6-9(8-12(11)16)13(17)15-10-4-2-1-3-5-10/h1-2,6-8,10,16H,3-5,14H2,(H,15,17). The van der Waals surface area contributed by atoms with Crippen LogP contribution in [0.5, 0.6) is 5.75 Å². The molecule has 0 heterocycles. The zero-order valence-corrected chi connectivity index (χ0v) is 9.52. The van der Waals surface area contributed by atoms with E-state index < -0.39 is 0 Å². The van der Waals surface area contributed by atoms with E-state index in [0.29, 0.717) is 5.56 Å². The van der Waals surface area contributed by atoms with Gasteiger partial charge >= 0.3 is 0 Å². The van der Waals surface area contributed by atoms with Crippen LogP contribution in [0, 0.1) is 0 Å². The van der Waals surface area contributed by atoms with E-state index in [0.717, 1.165) is 19.3 Å². The van der Waals surface area contributed by atoms with Gasteiger partial charge in [0.1, 0.15) is 5.75 Å². The number of phenols is 1. The number of carbonyl (C=O) groups excluding carboxylic acids is 1. The lowest BCUT2D eigenvalue weighted by Crippen LogP contribution is -2.35. The molecule has 4 nitrogen and oxygen atoms in total. The van der Waals surface area contributed by atoms with Gasteiger partial charge in [-0.2, -0.15) is 0 Å². The summed E-state index contributed by atoms with van der Waals surface area (Å²) in [5.41, 5.74) is 6.20. The van der Waals surface area contributed by atoms with Crippen LogP contribution in [0.25, 0.3) is 0 Å². The molecule has 1 aliphatic rings. The SMILES string of the molecule is Nc1ccc(C(=O)NC2CC=CCC2)cc1O. The van der Waals surface area contributed by atoms with E-state index in [1.54, 1.807) is 6.07 Å². The van der Waals surface area contributed by atoms with Gasteiger partial charge < -0.3 is 16.2 Å². The van der Waals surface area contributed by atoms with Crippen molar-refractivity contribution in [3.8, 4) is 5.75 Å². The van der Waals surface area contributed by atoms with Crippen molar-refractivity contribution < 1.29 is 9.90 Å². The number of rotatable bonds is 2. The van der Waals surface area contributed by atoms with Gasteiger partial charge in [0.25, 0.3) is 5.91 Å². The second-order valence-corrected chi connectivity index (χ2v) is 4.23. The van der Waals surface area contributed by atoms with E-state index in [9.17, 15) is 9.90 Å². The first-order valence-electron chi connectivity index (χ1n) is 5.71. The number of phenolic OH excluding ortho intramolecular Hbond substituents is 1. The molecule has 17 heavy (non-hydrogen) atoms. The molecule has 1 atom stereocenters. The Bertz CT molecular complexity index is 455. The lowest BCUT2D eigenvalue weighted by atomic mass is 10.0. The number of carbonyl (C=O) groups is 1. The Morgan fingerprint density at radius 3 is 2.88 bits per heavy atom. The zero-order valence-electron chi connectivity index (χ0n) is 9.52. The second-order valence-electron chi connectivity index (χ2n) is 4.23. The third-order valence-electron chi connectivity index (χ3n) is 2.90. The van der Waals surface area contributed by atoms with E-state index in [-0.39, 0.29) is 23.4 Å². The molecular formula is C13H16N2O2. The predicted octanol–water partition coefficient (Wildman–Crippen LogP) is 1.81. The van der Waals surface area contributed by atoms with Crippen LogP contribution in [0.2, 0.25) is 0 Å². The van der Waals surface area contributed by atoms with Crippen LogP contribution in [0.1, 0.15) is 29.6 Å². The van der Waals surface area contributed by atoms with Gasteiger partial charge in [0, 0.05) is 11.6 Å². The van der Waals surface area contributed by atoms with Crippen molar-refractivity contribution in [1.82, 2.24) is 5.32 Å². The van der Waals surface area contributed by atoms with Gasteiger partial charge in [-0.1, -0.05) is 12.2 Å². The van der Waals surface area contributed by atoms with Gasteiger partial charge in [-0.25, -0.2) is 0 Å². The summed E-state index contributed by atoms with van der Waals surface area (Å²) in [6.07, 6.45) is 7.03. The van der Waals surface area contributed by atoms with Crippen LogP contribution in [0.3, 0.4) is 0 Å². The van der Waals surface area contributed by atoms with Gasteiger partial charge in [0.05, 0.1) is 5.69 Å². The molecular weight excluding hydrogens is 216 g/mol. The quantitative estimate of drug-likeness (QED) is 0.413. The number of allylic oxidation sites excluding steroid dienone is 1. The summed E-state index contributed by atoms with van der Waals surface area (Å²) in [5, 5.41) is 12.4. The summed E-state index contributed by atoms with van der Waals surface area (Å²) in [4.78, 5) is 11.9. The van der Waals surface area contributed by atoms with Gasteiger partial charge in [0.2, 0.25) is 0 Å². The number of hydrogen-bond donors (Lipinski definition) is 3. The number of benzene rings is 1. The van der Waals surface area contributed by atoms with Crippen molar-refractivity contribution in [3.05, 3.63) is 35.9 Å². The zero-order chi connectivity index (χ0) is 12.3. The van der Waals surface area contributed by atoms with Gasteiger partial charge in [-0.3, -0.25) is 4.79 Å². The minimum Gasteiger partial charge on any atom is -0.506 e. The van der Waals surface area contributed by atoms with Crippen molar-refractivity contribution in [2.75, 3.05) is 5.73 Å². The predicted molar refractivity (Wildman–Crippen MR) is 66.8 cm³/mol. The van der Waals surface area contributed by atoms with Crippen molar-refractivity contribution in [3.63, 3.8) is 0 Å². The monoisotopic (exact) mass is 232 g/mol. The average molecular weight is 232 g/mol. The number of amides is 1. The maximum Gasteiger partial charge on any atom is 0.251 e. The van der Waals surface area contributed by atoms with Gasteiger partial charge in [0.15, 0.2) is 0 Å². The molecule has 0 radical (unpaired) electrons. The number of anilines is 1. The van der Waals surface area contributed by atoms with E-state index in [1.165, 1.54) is 12.1 Å². The lowest BCUT2D eigenvalue weighted by Gasteiger charge is -2.19. The third kappa shape index (κ3) is 2.78. The highest BCUT2D eigenvalue weighted by atomic mass is 16.3. The molecule has 1 aliphatic carbocycles. The van der Waals surface area contributed by atoms with Crippen LogP contribution < -0.4 is 11.1 Å². The number of aromatic hydroxyl groups is 1. The first kappa shape index (κ1) is 11.5. The first-order valence-corrected chi connectivity index (χ1v) is 5.71. The first-order chi connectivity index (χ1) is 8.16. The largest absolute Gasteiger partial charge is 0.506 e. The Kier molecular flexibility index (Phi) is 3.32. The van der Waals surface area contributed by atoms with E-state index in [1.807, 2.05) is 0 Å². The lowest BCUT2D eigenvalue weighted by molar-refractivity contribution is 0.0934. The molecule has 0 saturated heterocycles. The summed E-state index contributed by atoms with van der Waals surface area (Å²) < 4.78 is 0. The third-order valence-corrected chi connectivity index (χ3v) is 2.90. The molecule has 2 rings (SSSR count). The number of hydrogen-bond acceptors (Lipinski definition) is 3. The maximum atomic E-state index is 11.9. The number of nitrogen functional groups attached to an aromatic ring is 1. The molecule has 1 amide bonds. The molecule has 4 heteroatoms. The normalized spacial score (nSPS) is 18.9. The summed E-state index contributed by atoms with van der Waals surface area (Å²) in [6, 6.07) is 4.73. The van der Waals surface area contributed by atoms with Crippen LogP contribution in [-0.2, 0) is 0 Å². The molecule has 0 saturated carbocycles. The van der Waals surface area contributed by atoms with Crippen LogP contribution >= 0.6 is 0 Å². The van der Waals surface area contributed by atoms with Crippen molar-refractivity contribution in [1.29, 1.82) is 0 Å². The Morgan fingerprint density at radius 1 is 1.41 bits per heavy atom. The van der Waals surface area contributed by atoms with Gasteiger partial charge in [-0.05, 0) is 37.5 Å². The number of nitrogens with one attached hydrogen (secondary N) is 1. The molecule has 90 valence electrons. The van der Waals surface area contributed by atoms with Gasteiger partial charge in [-0.15, -0.1) is 0 Å². The average Bonchev–Trinajstić information content (AvgIpc) is 2.34. The summed E-state index contributed by atoms with van der Waals surface area (Å²) in [7, 11) is 0. The maximum absolute atomic E-state index is 11.9. The van der Waals surface area contributed by atoms with Crippen LogP contribution in [-0.4, -0.2) is 17.1 Å². The minimum absolute atomic E-state index is 0.0545. The molecule has 1 unspecified atom stereocenters. The Morgan fingerprint density at radius 2 is 2.24 bits per heavy atom. The molecule has 0 fully saturated rings. The van der Waals surface area contributed by atoms with E-state index in [4.69, 9.17) is 5.73 Å². The highest BCUT2D eigenvalue weighted by Gasteiger charge is 2.14. The Hall–Kier alpha value is -1.97. The molecule has 0 bridgehead atoms. The fourth-order valence-electron chi connectivity index (χ4n) is 1.88. The molecule has 0 spiro atoms. The van der Waals surface area contributed by atoms with Crippen molar-refractivity contribution in [2.45, 2.75) is 25.3 Å². The fraction of sp³-hybridized carbons (Fsp3) is 0.308. The van der Waals surface area contributed by atoms with E-state index >= 15 is 0 Å². The van der Waals surface area contributed by atoms with Crippen molar-refractivity contribution in [2.24, 2.45) is 0 Å². The summed E-state index contributed by atoms with van der Waals surface area (Å²) in [5.74, 6) is -0.221. The number of nitrogens with two attached hydrogens (primary N) is 1. The molecule has 0 aromatic heterocycles. The fourth-order valence-corrected chi connectivity index (χ4v) is 1.88. The summed E-state index contributed by atoms with van der Waals surface area (Å²) in [6.45, 7) is 0. The van der Waals surface area contributed by atoms with Crippen molar-refractivity contribution >= 4 is 11.6 Å². The second kappa shape index (κ2) is 4.91. The minimum atomic E-state index is -0.166. The molecule has 4 N–H and O–H groups in total. The highest BCUT2D eigenvalue weighted by Crippen LogP contribution is 2.21. The topological polar surface area (TPSA) is 75.4 Å². The van der Waals surface area contributed by atoms with E-state index in [2.05, 4.69) is 17.5 Å². The highest BCUT2D eigenvalue weighted by molar-refractivity contribution is 5.95. The van der Waals surface area contributed by atoms with Crippen LogP contribution in [0.4, 0.5) is 5.69 Å². The summed E-state index contributed by atoms with van der Waals surface area (Å²) >= 11 is 0. The smallest absolute Gasteiger partial charge is 0.251 e. The Balaban J connectivity index is 2.03.